The lowest BCUT2D eigenvalue weighted by Crippen LogP contribution is -2.46. The van der Waals surface area contributed by atoms with E-state index in [1.54, 1.807) is 0 Å². The Bertz CT molecular complexity index is 278. The standard InChI is InChI=1S/C14H24N2O.ClH/c17-14(15-11-6-2-3-7-11)13-9-10-5-1-4-8-12(10)16-13;/h10-13,16H,1-9H2,(H,15,17);1H. The second kappa shape index (κ2) is 6.25. The number of fused-ring (bicyclic) bond motifs is 1. The van der Waals surface area contributed by atoms with Crippen LogP contribution >= 0.6 is 12.4 Å². The van der Waals surface area contributed by atoms with E-state index < -0.39 is 0 Å². The number of nitrogens with one attached hydrogen (secondary N) is 2. The van der Waals surface area contributed by atoms with Crippen molar-refractivity contribution in [3.8, 4) is 0 Å². The molecule has 0 bridgehead atoms. The van der Waals surface area contributed by atoms with Gasteiger partial charge in [0.25, 0.3) is 0 Å². The van der Waals surface area contributed by atoms with E-state index in [0.29, 0.717) is 12.1 Å². The van der Waals surface area contributed by atoms with E-state index in [-0.39, 0.29) is 24.4 Å². The zero-order chi connectivity index (χ0) is 11.7. The summed E-state index contributed by atoms with van der Waals surface area (Å²) in [5.41, 5.74) is 0. The Kier molecular flexibility index (Phi) is 4.91. The molecule has 1 aliphatic heterocycles. The van der Waals surface area contributed by atoms with Crippen molar-refractivity contribution in [2.75, 3.05) is 0 Å². The summed E-state index contributed by atoms with van der Waals surface area (Å²) in [5.74, 6) is 1.04. The maximum Gasteiger partial charge on any atom is 0.237 e. The van der Waals surface area contributed by atoms with Gasteiger partial charge in [-0.1, -0.05) is 25.7 Å². The summed E-state index contributed by atoms with van der Waals surface area (Å²) in [5, 5.41) is 6.78. The molecule has 4 heteroatoms. The van der Waals surface area contributed by atoms with Crippen molar-refractivity contribution in [3.63, 3.8) is 0 Å². The first-order valence-corrected chi connectivity index (χ1v) is 7.39. The molecule has 2 saturated carbocycles. The summed E-state index contributed by atoms with van der Waals surface area (Å²) in [6, 6.07) is 1.19. The van der Waals surface area contributed by atoms with Gasteiger partial charge in [-0.05, 0) is 38.0 Å². The summed E-state index contributed by atoms with van der Waals surface area (Å²) in [6.45, 7) is 0. The Balaban J connectivity index is 0.00000120. The molecule has 0 aromatic rings. The number of carbonyl (C=O) groups excluding carboxylic acids is 1. The SMILES string of the molecule is Cl.O=C(NC1CCCC1)C1CC2CCCCC2N1. The van der Waals surface area contributed by atoms with Gasteiger partial charge in [0, 0.05) is 12.1 Å². The zero-order valence-electron chi connectivity index (χ0n) is 11.0. The second-order valence-electron chi connectivity index (χ2n) is 6.10. The minimum absolute atomic E-state index is 0. The molecule has 3 nitrogen and oxygen atoms in total. The number of amides is 1. The minimum atomic E-state index is 0. The van der Waals surface area contributed by atoms with E-state index in [2.05, 4.69) is 10.6 Å². The molecule has 0 aromatic heterocycles. The third-order valence-electron chi connectivity index (χ3n) is 4.88. The van der Waals surface area contributed by atoms with Crippen molar-refractivity contribution < 1.29 is 4.79 Å². The Morgan fingerprint density at radius 3 is 2.39 bits per heavy atom. The number of carbonyl (C=O) groups is 1. The fourth-order valence-electron chi connectivity index (χ4n) is 3.89. The molecule has 0 aromatic carbocycles. The molecule has 2 aliphatic carbocycles. The third kappa shape index (κ3) is 3.00. The highest BCUT2D eigenvalue weighted by Crippen LogP contribution is 2.33. The third-order valence-corrected chi connectivity index (χ3v) is 4.88. The average molecular weight is 273 g/mol. The molecular weight excluding hydrogens is 248 g/mol. The van der Waals surface area contributed by atoms with Crippen LogP contribution in [0.4, 0.5) is 0 Å². The maximum atomic E-state index is 12.2. The van der Waals surface area contributed by atoms with Gasteiger partial charge in [-0.2, -0.15) is 0 Å². The molecule has 3 atom stereocenters. The monoisotopic (exact) mass is 272 g/mol. The van der Waals surface area contributed by atoms with Crippen molar-refractivity contribution in [1.82, 2.24) is 10.6 Å². The lowest BCUT2D eigenvalue weighted by atomic mass is 9.85. The highest BCUT2D eigenvalue weighted by molar-refractivity contribution is 5.85. The number of rotatable bonds is 2. The van der Waals surface area contributed by atoms with Crippen molar-refractivity contribution >= 4 is 18.3 Å². The topological polar surface area (TPSA) is 41.1 Å². The molecule has 1 amide bonds. The van der Waals surface area contributed by atoms with E-state index in [1.807, 2.05) is 0 Å². The number of hydrogen-bond acceptors (Lipinski definition) is 2. The summed E-state index contributed by atoms with van der Waals surface area (Å²) in [6.07, 6.45) is 11.3. The summed E-state index contributed by atoms with van der Waals surface area (Å²) in [7, 11) is 0. The summed E-state index contributed by atoms with van der Waals surface area (Å²) < 4.78 is 0. The fourth-order valence-corrected chi connectivity index (χ4v) is 3.89. The van der Waals surface area contributed by atoms with E-state index in [1.165, 1.54) is 51.4 Å². The molecule has 3 unspecified atom stereocenters. The Hall–Kier alpha value is -0.280. The van der Waals surface area contributed by atoms with Crippen LogP contribution in [0.15, 0.2) is 0 Å². The van der Waals surface area contributed by atoms with Crippen molar-refractivity contribution in [3.05, 3.63) is 0 Å². The number of halogens is 1. The lowest BCUT2D eigenvalue weighted by Gasteiger charge is -2.24. The molecule has 3 fully saturated rings. The molecule has 0 spiro atoms. The van der Waals surface area contributed by atoms with Crippen LogP contribution in [0.3, 0.4) is 0 Å². The predicted molar refractivity (Wildman–Crippen MR) is 74.9 cm³/mol. The quantitative estimate of drug-likeness (QED) is 0.810. The summed E-state index contributed by atoms with van der Waals surface area (Å²) in [4.78, 5) is 12.2. The summed E-state index contributed by atoms with van der Waals surface area (Å²) >= 11 is 0. The molecule has 3 rings (SSSR count). The lowest BCUT2D eigenvalue weighted by molar-refractivity contribution is -0.123. The van der Waals surface area contributed by atoms with Crippen molar-refractivity contribution in [1.29, 1.82) is 0 Å². The van der Waals surface area contributed by atoms with Gasteiger partial charge in [-0.15, -0.1) is 12.4 Å². The van der Waals surface area contributed by atoms with Gasteiger partial charge in [-0.3, -0.25) is 4.79 Å². The first-order chi connectivity index (χ1) is 8.33. The Labute approximate surface area is 116 Å². The van der Waals surface area contributed by atoms with Crippen LogP contribution in [-0.4, -0.2) is 24.0 Å². The van der Waals surface area contributed by atoms with Gasteiger partial charge in [0.1, 0.15) is 0 Å². The van der Waals surface area contributed by atoms with Crippen LogP contribution in [0.1, 0.15) is 57.8 Å². The highest BCUT2D eigenvalue weighted by atomic mass is 35.5. The largest absolute Gasteiger partial charge is 0.352 e. The van der Waals surface area contributed by atoms with E-state index in [4.69, 9.17) is 0 Å². The van der Waals surface area contributed by atoms with Gasteiger partial charge in [0.2, 0.25) is 5.91 Å². The molecular formula is C14H25ClN2O. The Morgan fingerprint density at radius 2 is 1.67 bits per heavy atom. The van der Waals surface area contributed by atoms with E-state index in [9.17, 15) is 4.79 Å². The van der Waals surface area contributed by atoms with Crippen LogP contribution in [0.25, 0.3) is 0 Å². The van der Waals surface area contributed by atoms with E-state index >= 15 is 0 Å². The first kappa shape index (κ1) is 14.1. The molecule has 1 heterocycles. The fraction of sp³-hybridized carbons (Fsp3) is 0.929. The zero-order valence-corrected chi connectivity index (χ0v) is 11.8. The van der Waals surface area contributed by atoms with Gasteiger partial charge in [0.05, 0.1) is 6.04 Å². The van der Waals surface area contributed by atoms with Crippen LogP contribution in [0, 0.1) is 5.92 Å². The maximum absolute atomic E-state index is 12.2. The Morgan fingerprint density at radius 1 is 1.00 bits per heavy atom. The minimum Gasteiger partial charge on any atom is -0.352 e. The molecule has 18 heavy (non-hydrogen) atoms. The van der Waals surface area contributed by atoms with Gasteiger partial charge in [-0.25, -0.2) is 0 Å². The van der Waals surface area contributed by atoms with Crippen LogP contribution in [-0.2, 0) is 4.79 Å². The van der Waals surface area contributed by atoms with E-state index in [0.717, 1.165) is 12.3 Å². The molecule has 0 radical (unpaired) electrons. The van der Waals surface area contributed by atoms with Gasteiger partial charge in [0.15, 0.2) is 0 Å². The molecule has 3 aliphatic rings. The van der Waals surface area contributed by atoms with Crippen LogP contribution < -0.4 is 10.6 Å². The molecule has 1 saturated heterocycles. The predicted octanol–water partition coefficient (Wildman–Crippen LogP) is 2.39. The first-order valence-electron chi connectivity index (χ1n) is 7.39. The van der Waals surface area contributed by atoms with Crippen LogP contribution in [0.5, 0.6) is 0 Å². The normalized spacial score (nSPS) is 35.9. The van der Waals surface area contributed by atoms with Crippen molar-refractivity contribution in [2.45, 2.75) is 75.9 Å². The smallest absolute Gasteiger partial charge is 0.237 e. The van der Waals surface area contributed by atoms with Gasteiger partial charge >= 0.3 is 0 Å². The highest BCUT2D eigenvalue weighted by Gasteiger charge is 2.38. The van der Waals surface area contributed by atoms with Crippen molar-refractivity contribution in [2.24, 2.45) is 5.92 Å². The van der Waals surface area contributed by atoms with Gasteiger partial charge < -0.3 is 10.6 Å². The molecule has 2 N–H and O–H groups in total. The number of hydrogen-bond donors (Lipinski definition) is 2. The average Bonchev–Trinajstić information content (AvgIpc) is 2.96. The molecule has 104 valence electrons. The van der Waals surface area contributed by atoms with Crippen LogP contribution in [0.2, 0.25) is 0 Å². The second-order valence-corrected chi connectivity index (χ2v) is 6.10.